The zero-order valence-corrected chi connectivity index (χ0v) is 8.97. The molecular formula is C10H10BrNO. The van der Waals surface area contributed by atoms with E-state index in [4.69, 9.17) is 4.74 Å². The fourth-order valence-corrected chi connectivity index (χ4v) is 2.07. The van der Waals surface area contributed by atoms with Crippen LogP contribution < -0.4 is 4.74 Å². The third-order valence-corrected chi connectivity index (χ3v) is 2.93. The average Bonchev–Trinajstić information content (AvgIpc) is 2.19. The van der Waals surface area contributed by atoms with E-state index in [-0.39, 0.29) is 0 Å². The normalized spacial score (nSPS) is 14.0. The van der Waals surface area contributed by atoms with Gasteiger partial charge in [-0.25, -0.2) is 0 Å². The van der Waals surface area contributed by atoms with E-state index < -0.39 is 0 Å². The molecule has 0 aromatic heterocycles. The molecule has 13 heavy (non-hydrogen) atoms. The highest BCUT2D eigenvalue weighted by atomic mass is 79.9. The first-order valence-corrected chi connectivity index (χ1v) is 4.97. The SMILES string of the molecule is COc1ccc(Br)c2c1C=NCC2. The van der Waals surface area contributed by atoms with Crippen molar-refractivity contribution in [3.63, 3.8) is 0 Å². The molecule has 1 aromatic rings. The largest absolute Gasteiger partial charge is 0.496 e. The lowest BCUT2D eigenvalue weighted by atomic mass is 10.0. The Balaban J connectivity index is 2.61. The number of fused-ring (bicyclic) bond motifs is 1. The number of rotatable bonds is 1. The zero-order valence-electron chi connectivity index (χ0n) is 7.38. The molecule has 0 unspecified atom stereocenters. The van der Waals surface area contributed by atoms with E-state index >= 15 is 0 Å². The van der Waals surface area contributed by atoms with Crippen LogP contribution in [0.1, 0.15) is 11.1 Å². The summed E-state index contributed by atoms with van der Waals surface area (Å²) in [6.07, 6.45) is 2.88. The first kappa shape index (κ1) is 8.75. The Kier molecular flexibility index (Phi) is 2.36. The third kappa shape index (κ3) is 1.48. The molecule has 0 saturated carbocycles. The Morgan fingerprint density at radius 2 is 2.31 bits per heavy atom. The minimum absolute atomic E-state index is 0.874. The van der Waals surface area contributed by atoms with E-state index in [0.717, 1.165) is 28.8 Å². The molecule has 0 atom stereocenters. The highest BCUT2D eigenvalue weighted by Crippen LogP contribution is 2.29. The third-order valence-electron chi connectivity index (χ3n) is 2.19. The first-order chi connectivity index (χ1) is 6.33. The van der Waals surface area contributed by atoms with Crippen LogP contribution in [0.5, 0.6) is 5.75 Å². The standard InChI is InChI=1S/C10H10BrNO/c1-13-10-3-2-9(11)7-4-5-12-6-8(7)10/h2-3,6H,4-5H2,1H3. The monoisotopic (exact) mass is 239 g/mol. The summed E-state index contributed by atoms with van der Waals surface area (Å²) in [5.74, 6) is 0.904. The van der Waals surface area contributed by atoms with E-state index in [1.807, 2.05) is 18.3 Å². The van der Waals surface area contributed by atoms with Gasteiger partial charge in [0, 0.05) is 22.8 Å². The summed E-state index contributed by atoms with van der Waals surface area (Å²) in [4.78, 5) is 4.24. The minimum atomic E-state index is 0.874. The first-order valence-electron chi connectivity index (χ1n) is 4.18. The zero-order chi connectivity index (χ0) is 9.26. The second kappa shape index (κ2) is 3.50. The van der Waals surface area contributed by atoms with Gasteiger partial charge in [-0.3, -0.25) is 4.99 Å². The number of benzene rings is 1. The van der Waals surface area contributed by atoms with Crippen molar-refractivity contribution in [2.45, 2.75) is 6.42 Å². The maximum atomic E-state index is 5.26. The molecule has 0 aliphatic carbocycles. The maximum Gasteiger partial charge on any atom is 0.127 e. The van der Waals surface area contributed by atoms with Gasteiger partial charge >= 0.3 is 0 Å². The molecule has 2 rings (SSSR count). The van der Waals surface area contributed by atoms with Crippen LogP contribution in [0, 0.1) is 0 Å². The Labute approximate surface area is 85.8 Å². The van der Waals surface area contributed by atoms with E-state index in [9.17, 15) is 0 Å². The maximum absolute atomic E-state index is 5.26. The number of methoxy groups -OCH3 is 1. The summed E-state index contributed by atoms with van der Waals surface area (Å²) in [5.41, 5.74) is 2.41. The summed E-state index contributed by atoms with van der Waals surface area (Å²) in [5, 5.41) is 0. The molecule has 0 radical (unpaired) electrons. The van der Waals surface area contributed by atoms with E-state index in [2.05, 4.69) is 20.9 Å². The van der Waals surface area contributed by atoms with Gasteiger partial charge in [-0.1, -0.05) is 15.9 Å². The second-order valence-electron chi connectivity index (χ2n) is 2.93. The molecule has 1 heterocycles. The van der Waals surface area contributed by atoms with Crippen LogP contribution in [-0.2, 0) is 6.42 Å². The Hall–Kier alpha value is -0.830. The molecule has 1 aromatic carbocycles. The van der Waals surface area contributed by atoms with Gasteiger partial charge in [0.25, 0.3) is 0 Å². The fraction of sp³-hybridized carbons (Fsp3) is 0.300. The topological polar surface area (TPSA) is 21.6 Å². The van der Waals surface area contributed by atoms with Crippen LogP contribution >= 0.6 is 15.9 Å². The molecule has 68 valence electrons. The van der Waals surface area contributed by atoms with Gasteiger partial charge < -0.3 is 4.74 Å². The highest BCUT2D eigenvalue weighted by Gasteiger charge is 2.13. The van der Waals surface area contributed by atoms with Crippen molar-refractivity contribution in [1.29, 1.82) is 0 Å². The highest BCUT2D eigenvalue weighted by molar-refractivity contribution is 9.10. The molecule has 3 heteroatoms. The van der Waals surface area contributed by atoms with Gasteiger partial charge in [0.15, 0.2) is 0 Å². The predicted molar refractivity (Wildman–Crippen MR) is 56.9 cm³/mol. The number of hydrogen-bond acceptors (Lipinski definition) is 2. The van der Waals surface area contributed by atoms with Crippen LogP contribution in [0.4, 0.5) is 0 Å². The Bertz CT molecular complexity index is 360. The average molecular weight is 240 g/mol. The van der Waals surface area contributed by atoms with Gasteiger partial charge in [0.05, 0.1) is 7.11 Å². The lowest BCUT2D eigenvalue weighted by Crippen LogP contribution is -2.05. The van der Waals surface area contributed by atoms with Crippen molar-refractivity contribution in [2.24, 2.45) is 4.99 Å². The summed E-state index contributed by atoms with van der Waals surface area (Å²) in [7, 11) is 1.69. The van der Waals surface area contributed by atoms with Crippen LogP contribution in [0.3, 0.4) is 0 Å². The molecule has 0 N–H and O–H groups in total. The summed E-state index contributed by atoms with van der Waals surface area (Å²) < 4.78 is 6.40. The summed E-state index contributed by atoms with van der Waals surface area (Å²) >= 11 is 3.53. The number of halogens is 1. The van der Waals surface area contributed by atoms with Crippen molar-refractivity contribution in [2.75, 3.05) is 13.7 Å². The van der Waals surface area contributed by atoms with Crippen molar-refractivity contribution in [1.82, 2.24) is 0 Å². The number of nitrogens with zero attached hydrogens (tertiary/aromatic N) is 1. The van der Waals surface area contributed by atoms with Crippen LogP contribution in [-0.4, -0.2) is 19.9 Å². The molecule has 0 fully saturated rings. The van der Waals surface area contributed by atoms with Gasteiger partial charge in [-0.15, -0.1) is 0 Å². The number of aliphatic imine (C=N–C) groups is 1. The lowest BCUT2D eigenvalue weighted by Gasteiger charge is -2.14. The van der Waals surface area contributed by atoms with Gasteiger partial charge in [-0.05, 0) is 24.1 Å². The fourth-order valence-electron chi connectivity index (χ4n) is 1.52. The van der Waals surface area contributed by atoms with Crippen molar-refractivity contribution < 1.29 is 4.74 Å². The Morgan fingerprint density at radius 1 is 1.46 bits per heavy atom. The second-order valence-corrected chi connectivity index (χ2v) is 3.78. The lowest BCUT2D eigenvalue weighted by molar-refractivity contribution is 0.413. The van der Waals surface area contributed by atoms with Crippen LogP contribution in [0.25, 0.3) is 0 Å². The van der Waals surface area contributed by atoms with Crippen LogP contribution in [0.15, 0.2) is 21.6 Å². The molecule has 1 aliphatic heterocycles. The van der Waals surface area contributed by atoms with Crippen molar-refractivity contribution in [3.8, 4) is 5.75 Å². The van der Waals surface area contributed by atoms with E-state index in [1.165, 1.54) is 5.56 Å². The van der Waals surface area contributed by atoms with Crippen molar-refractivity contribution >= 4 is 22.1 Å². The van der Waals surface area contributed by atoms with Crippen molar-refractivity contribution in [3.05, 3.63) is 27.7 Å². The van der Waals surface area contributed by atoms with Gasteiger partial charge in [0.1, 0.15) is 5.75 Å². The predicted octanol–water partition coefficient (Wildman–Crippen LogP) is 2.43. The molecule has 0 bridgehead atoms. The molecular weight excluding hydrogens is 230 g/mol. The molecule has 0 amide bonds. The number of hydrogen-bond donors (Lipinski definition) is 0. The summed E-state index contributed by atoms with van der Waals surface area (Å²) in [6.45, 7) is 0.874. The van der Waals surface area contributed by atoms with E-state index in [1.54, 1.807) is 7.11 Å². The van der Waals surface area contributed by atoms with E-state index in [0.29, 0.717) is 0 Å². The minimum Gasteiger partial charge on any atom is -0.496 e. The summed E-state index contributed by atoms with van der Waals surface area (Å²) in [6, 6.07) is 3.98. The Morgan fingerprint density at radius 3 is 3.08 bits per heavy atom. The molecule has 0 saturated heterocycles. The smallest absolute Gasteiger partial charge is 0.127 e. The van der Waals surface area contributed by atoms with Crippen LogP contribution in [0.2, 0.25) is 0 Å². The molecule has 1 aliphatic rings. The van der Waals surface area contributed by atoms with Gasteiger partial charge in [-0.2, -0.15) is 0 Å². The molecule has 2 nitrogen and oxygen atoms in total. The molecule has 0 spiro atoms. The van der Waals surface area contributed by atoms with Gasteiger partial charge in [0.2, 0.25) is 0 Å². The number of ether oxygens (including phenoxy) is 1. The quantitative estimate of drug-likeness (QED) is 0.738.